The van der Waals surface area contributed by atoms with E-state index in [-0.39, 0.29) is 5.75 Å². The summed E-state index contributed by atoms with van der Waals surface area (Å²) in [4.78, 5) is 7.60. The Labute approximate surface area is 183 Å². The van der Waals surface area contributed by atoms with Gasteiger partial charge in [0.15, 0.2) is 0 Å². The maximum atomic E-state index is 12.3. The van der Waals surface area contributed by atoms with E-state index in [0.717, 1.165) is 47.6 Å². The van der Waals surface area contributed by atoms with Crippen molar-refractivity contribution in [2.75, 3.05) is 19.6 Å². The van der Waals surface area contributed by atoms with Gasteiger partial charge in [-0.25, -0.2) is 0 Å². The molecule has 2 N–H and O–H groups in total. The highest BCUT2D eigenvalue weighted by molar-refractivity contribution is 5.82. The Morgan fingerprint density at radius 1 is 1.10 bits per heavy atom. The van der Waals surface area contributed by atoms with E-state index in [1.807, 2.05) is 12.1 Å². The molecule has 2 fully saturated rings. The summed E-state index contributed by atoms with van der Waals surface area (Å²) in [5, 5.41) is 23.7. The van der Waals surface area contributed by atoms with Crippen molar-refractivity contribution in [3.63, 3.8) is 0 Å². The van der Waals surface area contributed by atoms with Crippen LogP contribution in [0.25, 0.3) is 10.9 Å². The molecule has 4 nitrogen and oxygen atoms in total. The standard InChI is InChI=1S/C27H30N2O2/c1-18-4-2-5-20-12-21-14-27(31)17-29(16-19-8-9-19)11-10-26(27,15-24(21)28-25(18)20)22-6-3-7-23(30)13-22/h2-7,12-13,19,30-31H,8-11,14-17H2,1H3/t26-,27-/m0/s1. The fourth-order valence-corrected chi connectivity index (χ4v) is 6.14. The third kappa shape index (κ3) is 3.07. The molecule has 1 aromatic heterocycles. The highest BCUT2D eigenvalue weighted by Crippen LogP contribution is 2.51. The number of aliphatic hydroxyl groups is 1. The van der Waals surface area contributed by atoms with Crippen molar-refractivity contribution in [3.05, 3.63) is 70.9 Å². The van der Waals surface area contributed by atoms with Gasteiger partial charge in [0.1, 0.15) is 5.75 Å². The van der Waals surface area contributed by atoms with E-state index in [4.69, 9.17) is 4.98 Å². The summed E-state index contributed by atoms with van der Waals surface area (Å²) >= 11 is 0. The number of para-hydroxylation sites is 1. The largest absolute Gasteiger partial charge is 0.508 e. The Morgan fingerprint density at radius 3 is 2.74 bits per heavy atom. The number of aryl methyl sites for hydroxylation is 1. The van der Waals surface area contributed by atoms with Crippen LogP contribution in [0.3, 0.4) is 0 Å². The van der Waals surface area contributed by atoms with Crippen LogP contribution in [0.4, 0.5) is 0 Å². The number of aromatic hydroxyl groups is 1. The third-order valence-corrected chi connectivity index (χ3v) is 8.01. The average molecular weight is 415 g/mol. The second-order valence-corrected chi connectivity index (χ2v) is 10.2. The normalized spacial score (nSPS) is 28.3. The van der Waals surface area contributed by atoms with E-state index in [1.165, 1.54) is 24.0 Å². The molecule has 2 heterocycles. The molecule has 1 saturated carbocycles. The minimum atomic E-state index is -0.875. The number of β-amino-alcohol motifs (C(OH)–C–C–N with tert-alkyl or cyclic N) is 1. The average Bonchev–Trinajstić information content (AvgIpc) is 3.55. The van der Waals surface area contributed by atoms with Crippen LogP contribution in [0, 0.1) is 12.8 Å². The minimum absolute atomic E-state index is 0.266. The SMILES string of the molecule is Cc1cccc2cc3c(nc12)C[C@]1(c2cccc(O)c2)CCN(CC2CC2)C[C@@]1(O)C3. The molecule has 4 heteroatoms. The number of fused-ring (bicyclic) bond motifs is 3. The Morgan fingerprint density at radius 2 is 1.94 bits per heavy atom. The zero-order valence-corrected chi connectivity index (χ0v) is 18.1. The molecule has 3 aromatic rings. The van der Waals surface area contributed by atoms with E-state index < -0.39 is 11.0 Å². The smallest absolute Gasteiger partial charge is 0.115 e. The highest BCUT2D eigenvalue weighted by atomic mass is 16.3. The second kappa shape index (κ2) is 6.78. The number of hydrogen-bond donors (Lipinski definition) is 2. The molecule has 6 rings (SSSR count). The molecule has 31 heavy (non-hydrogen) atoms. The predicted octanol–water partition coefficient (Wildman–Crippen LogP) is 4.13. The molecule has 0 amide bonds. The summed E-state index contributed by atoms with van der Waals surface area (Å²) in [6, 6.07) is 16.1. The van der Waals surface area contributed by atoms with Gasteiger partial charge in [-0.1, -0.05) is 30.3 Å². The van der Waals surface area contributed by atoms with Crippen molar-refractivity contribution in [1.82, 2.24) is 9.88 Å². The molecule has 0 bridgehead atoms. The van der Waals surface area contributed by atoms with Crippen molar-refractivity contribution >= 4 is 10.9 Å². The molecule has 2 atom stereocenters. The third-order valence-electron chi connectivity index (χ3n) is 8.01. The number of benzene rings is 2. The zero-order valence-electron chi connectivity index (χ0n) is 18.1. The van der Waals surface area contributed by atoms with Gasteiger partial charge in [-0.15, -0.1) is 0 Å². The molecule has 0 unspecified atom stereocenters. The number of likely N-dealkylation sites (tertiary alicyclic amines) is 1. The number of nitrogens with zero attached hydrogens (tertiary/aromatic N) is 2. The van der Waals surface area contributed by atoms with Crippen molar-refractivity contribution in [3.8, 4) is 5.75 Å². The lowest BCUT2D eigenvalue weighted by Gasteiger charge is -2.56. The van der Waals surface area contributed by atoms with Gasteiger partial charge in [-0.2, -0.15) is 0 Å². The van der Waals surface area contributed by atoms with Crippen LogP contribution in [0.15, 0.2) is 48.5 Å². The first kappa shape index (κ1) is 19.3. The highest BCUT2D eigenvalue weighted by Gasteiger charge is 2.57. The first-order valence-electron chi connectivity index (χ1n) is 11.6. The lowest BCUT2D eigenvalue weighted by atomic mass is 9.56. The fourth-order valence-electron chi connectivity index (χ4n) is 6.14. The van der Waals surface area contributed by atoms with Crippen LogP contribution in [0.5, 0.6) is 5.75 Å². The molecule has 160 valence electrons. The summed E-state index contributed by atoms with van der Waals surface area (Å²) in [6.07, 6.45) is 4.85. The van der Waals surface area contributed by atoms with Gasteiger partial charge in [0.25, 0.3) is 0 Å². The Kier molecular flexibility index (Phi) is 4.22. The number of phenols is 1. The molecular weight excluding hydrogens is 384 g/mol. The molecule has 1 saturated heterocycles. The Hall–Kier alpha value is -2.43. The fraction of sp³-hybridized carbons (Fsp3) is 0.444. The maximum Gasteiger partial charge on any atom is 0.115 e. The van der Waals surface area contributed by atoms with Crippen LogP contribution in [-0.2, 0) is 18.3 Å². The Bertz CT molecular complexity index is 1170. The molecule has 0 spiro atoms. The summed E-state index contributed by atoms with van der Waals surface area (Å²) in [7, 11) is 0. The van der Waals surface area contributed by atoms with E-state index in [1.54, 1.807) is 6.07 Å². The van der Waals surface area contributed by atoms with Crippen LogP contribution < -0.4 is 0 Å². The Balaban J connectivity index is 1.49. The molecule has 3 aliphatic rings. The quantitative estimate of drug-likeness (QED) is 0.677. The number of aromatic nitrogens is 1. The van der Waals surface area contributed by atoms with Gasteiger partial charge in [-0.05, 0) is 73.5 Å². The lowest BCUT2D eigenvalue weighted by Crippen LogP contribution is -2.66. The van der Waals surface area contributed by atoms with Crippen molar-refractivity contribution in [2.45, 2.75) is 50.0 Å². The summed E-state index contributed by atoms with van der Waals surface area (Å²) in [6.45, 7) is 4.88. The summed E-state index contributed by atoms with van der Waals surface area (Å²) in [5.41, 5.74) is 4.26. The van der Waals surface area contributed by atoms with Crippen molar-refractivity contribution in [1.29, 1.82) is 0 Å². The first-order chi connectivity index (χ1) is 15.0. The van der Waals surface area contributed by atoms with E-state index in [0.29, 0.717) is 19.4 Å². The number of pyridine rings is 1. The predicted molar refractivity (Wildman–Crippen MR) is 122 cm³/mol. The molecule has 2 aromatic carbocycles. The molecule has 1 aliphatic heterocycles. The molecule has 0 radical (unpaired) electrons. The maximum absolute atomic E-state index is 12.3. The second-order valence-electron chi connectivity index (χ2n) is 10.2. The van der Waals surface area contributed by atoms with Gasteiger partial charge < -0.3 is 15.1 Å². The van der Waals surface area contributed by atoms with Gasteiger partial charge in [0, 0.05) is 42.4 Å². The number of piperidine rings is 1. The molecule has 2 aliphatic carbocycles. The number of hydrogen-bond acceptors (Lipinski definition) is 4. The van der Waals surface area contributed by atoms with Gasteiger partial charge in [0.2, 0.25) is 0 Å². The number of rotatable bonds is 3. The summed E-state index contributed by atoms with van der Waals surface area (Å²) in [5.74, 6) is 1.07. The van der Waals surface area contributed by atoms with Crippen LogP contribution in [0.2, 0.25) is 0 Å². The lowest BCUT2D eigenvalue weighted by molar-refractivity contribution is -0.104. The monoisotopic (exact) mass is 414 g/mol. The van der Waals surface area contributed by atoms with Gasteiger partial charge in [-0.3, -0.25) is 4.98 Å². The topological polar surface area (TPSA) is 56.6 Å². The van der Waals surface area contributed by atoms with Crippen LogP contribution in [0.1, 0.15) is 41.6 Å². The van der Waals surface area contributed by atoms with E-state index in [9.17, 15) is 10.2 Å². The van der Waals surface area contributed by atoms with E-state index >= 15 is 0 Å². The first-order valence-corrected chi connectivity index (χ1v) is 11.6. The van der Waals surface area contributed by atoms with Gasteiger partial charge >= 0.3 is 0 Å². The van der Waals surface area contributed by atoms with Crippen LogP contribution >= 0.6 is 0 Å². The minimum Gasteiger partial charge on any atom is -0.508 e. The van der Waals surface area contributed by atoms with Crippen LogP contribution in [-0.4, -0.2) is 45.3 Å². The van der Waals surface area contributed by atoms with Crippen molar-refractivity contribution in [2.24, 2.45) is 5.92 Å². The molecular formula is C27H30N2O2. The van der Waals surface area contributed by atoms with Gasteiger partial charge in [0.05, 0.1) is 11.1 Å². The van der Waals surface area contributed by atoms with Crippen molar-refractivity contribution < 1.29 is 10.2 Å². The zero-order chi connectivity index (χ0) is 21.2. The summed E-state index contributed by atoms with van der Waals surface area (Å²) < 4.78 is 0. The number of phenolic OH excluding ortho intramolecular Hbond substituents is 1. The van der Waals surface area contributed by atoms with E-state index in [2.05, 4.69) is 42.2 Å².